The van der Waals surface area contributed by atoms with Gasteiger partial charge in [0, 0.05) is 22.1 Å². The molecule has 0 aliphatic rings. The van der Waals surface area contributed by atoms with Crippen molar-refractivity contribution in [3.8, 4) is 5.75 Å². The molecular weight excluding hydrogens is 188 g/mol. The second-order valence-corrected chi connectivity index (χ2v) is 3.55. The van der Waals surface area contributed by atoms with Crippen molar-refractivity contribution < 1.29 is 13.4 Å². The molecule has 3 heteroatoms. The van der Waals surface area contributed by atoms with Crippen LogP contribution in [0.5, 0.6) is 5.75 Å². The van der Waals surface area contributed by atoms with E-state index < -0.39 is 12.9 Å². The van der Waals surface area contributed by atoms with Gasteiger partial charge in [-0.25, -0.2) is 0 Å². The van der Waals surface area contributed by atoms with Crippen LogP contribution in [0.4, 0.5) is 0 Å². The van der Waals surface area contributed by atoms with Crippen molar-refractivity contribution in [2.45, 2.75) is 20.2 Å². The quantitative estimate of drug-likeness (QED) is 0.725. The molecule has 3 nitrogen and oxygen atoms in total. The number of benzene rings is 1. The Balaban J connectivity index is 2.80. The third-order valence-electron chi connectivity index (χ3n) is 2.46. The molecule has 1 aromatic carbocycles. The van der Waals surface area contributed by atoms with Gasteiger partial charge in [-0.15, -0.1) is 0 Å². The third-order valence-corrected chi connectivity index (χ3v) is 2.46. The molecule has 4 N–H and O–H groups in total. The second-order valence-electron chi connectivity index (χ2n) is 3.55. The van der Waals surface area contributed by atoms with Crippen molar-refractivity contribution in [1.29, 1.82) is 0 Å². The molecule has 0 aliphatic carbocycles. The largest absolute Gasteiger partial charge is 0.508 e. The van der Waals surface area contributed by atoms with Crippen LogP contribution in [0, 0.1) is 13.8 Å². The zero-order valence-electron chi connectivity index (χ0n) is 14.5. The molecule has 2 aromatic rings. The van der Waals surface area contributed by atoms with E-state index >= 15 is 0 Å². The maximum absolute atomic E-state index is 9.71. The van der Waals surface area contributed by atoms with Gasteiger partial charge in [-0.3, -0.25) is 0 Å². The van der Waals surface area contributed by atoms with Crippen LogP contribution in [0.25, 0.3) is 10.9 Å². The van der Waals surface area contributed by atoms with E-state index in [2.05, 4.69) is 4.98 Å². The molecule has 0 bridgehead atoms. The van der Waals surface area contributed by atoms with E-state index in [1.165, 1.54) is 12.1 Å². The molecule has 0 atom stereocenters. The highest BCUT2D eigenvalue weighted by Crippen LogP contribution is 2.28. The number of aromatic nitrogens is 1. The summed E-state index contributed by atoms with van der Waals surface area (Å²) in [5, 5.41) is 10.1. The number of aromatic amines is 1. The number of hydrogen-bond acceptors (Lipinski definition) is 2. The molecular formula is C12H16N2O. The Hall–Kier alpha value is -1.48. The van der Waals surface area contributed by atoms with Crippen molar-refractivity contribution in [2.24, 2.45) is 5.72 Å². The van der Waals surface area contributed by atoms with Crippen LogP contribution in [-0.2, 0) is 6.37 Å². The number of phenolic OH excluding ortho intramolecular Hbond substituents is 1. The van der Waals surface area contributed by atoms with E-state index in [9.17, 15) is 5.11 Å². The first-order valence-corrected chi connectivity index (χ1v) is 4.60. The van der Waals surface area contributed by atoms with Crippen molar-refractivity contribution in [3.05, 3.63) is 29.0 Å². The number of nitrogens with one attached hydrogen (secondary N) is 1. The summed E-state index contributed by atoms with van der Waals surface area (Å²) >= 11 is 0. The van der Waals surface area contributed by atoms with Gasteiger partial charge < -0.3 is 15.8 Å². The third kappa shape index (κ3) is 1.59. The lowest BCUT2D eigenvalue weighted by atomic mass is 10.1. The molecule has 0 radical (unpaired) electrons. The number of fused-ring (bicyclic) bond motifs is 1. The second kappa shape index (κ2) is 3.59. The molecule has 0 saturated carbocycles. The fourth-order valence-corrected chi connectivity index (χ4v) is 1.80. The Labute approximate surface area is 97.5 Å². The predicted octanol–water partition coefficient (Wildman–Crippen LogP) is 1.99. The average molecular weight is 210 g/mol. The SMILES string of the molecule is [2H]N([2H])C([2H])([2H])C([2H])([2H])c1c(C)[nH]c2c(C)cc(O)cc12. The molecule has 0 saturated heterocycles. The zero-order valence-corrected chi connectivity index (χ0v) is 8.55. The Morgan fingerprint density at radius 1 is 1.53 bits per heavy atom. The molecule has 0 spiro atoms. The van der Waals surface area contributed by atoms with Gasteiger partial charge in [0.05, 0.1) is 0 Å². The molecule has 0 aliphatic heterocycles. The summed E-state index contributed by atoms with van der Waals surface area (Å²) in [7, 11) is 0. The molecule has 2 rings (SSSR count). The monoisotopic (exact) mass is 210 g/mol. The van der Waals surface area contributed by atoms with Crippen LogP contribution in [0.3, 0.4) is 0 Å². The van der Waals surface area contributed by atoms with Crippen molar-refractivity contribution >= 4 is 10.9 Å². The standard InChI is InChI=1S/C12H16N2O/c1-7-5-9(15)6-11-10(3-4-13)8(2)14-12(7)11/h5-6,14-15H,3-4,13H2,1-2H3/i3D2,4D2/hD2. The molecule has 80 valence electrons. The van der Waals surface area contributed by atoms with Crippen LogP contribution in [0.15, 0.2) is 12.1 Å². The lowest BCUT2D eigenvalue weighted by molar-refractivity contribution is 0.476. The zero-order chi connectivity index (χ0) is 16.2. The lowest BCUT2D eigenvalue weighted by Crippen LogP contribution is -2.03. The maximum atomic E-state index is 9.71. The topological polar surface area (TPSA) is 62.0 Å². The molecule has 1 heterocycles. The highest BCUT2D eigenvalue weighted by Gasteiger charge is 2.10. The molecule has 0 fully saturated rings. The van der Waals surface area contributed by atoms with E-state index in [1.54, 1.807) is 13.8 Å². The first kappa shape index (κ1) is 5.03. The van der Waals surface area contributed by atoms with Crippen molar-refractivity contribution in [3.63, 3.8) is 0 Å². The van der Waals surface area contributed by atoms with Gasteiger partial charge in [-0.1, -0.05) is 0 Å². The minimum absolute atomic E-state index is 0.00556. The van der Waals surface area contributed by atoms with Crippen molar-refractivity contribution in [2.75, 3.05) is 6.50 Å². The fourth-order valence-electron chi connectivity index (χ4n) is 1.80. The Morgan fingerprint density at radius 3 is 3.07 bits per heavy atom. The van der Waals surface area contributed by atoms with E-state index in [4.69, 9.17) is 8.31 Å². The Morgan fingerprint density at radius 2 is 2.33 bits per heavy atom. The normalized spacial score (nSPS) is 19.1. The van der Waals surface area contributed by atoms with Gasteiger partial charge in [0.2, 0.25) is 0 Å². The summed E-state index contributed by atoms with van der Waals surface area (Å²) in [6.45, 7) is 0.484. The summed E-state index contributed by atoms with van der Waals surface area (Å²) in [6, 6.07) is 2.88. The van der Waals surface area contributed by atoms with Crippen LogP contribution in [0.2, 0.25) is 2.82 Å². The first-order valence-electron chi connectivity index (χ1n) is 7.50. The van der Waals surface area contributed by atoms with E-state index in [0.29, 0.717) is 22.2 Å². The number of rotatable bonds is 3. The highest BCUT2D eigenvalue weighted by molar-refractivity contribution is 5.88. The number of H-pyrrole nitrogens is 1. The van der Waals surface area contributed by atoms with E-state index in [0.717, 1.165) is 0 Å². The van der Waals surface area contributed by atoms with Gasteiger partial charge in [-0.2, -0.15) is 0 Å². The number of aromatic hydroxyl groups is 1. The summed E-state index contributed by atoms with van der Waals surface area (Å²) in [6.07, 6.45) is -2.61. The molecule has 0 unspecified atom stereocenters. The number of aryl methyl sites for hydroxylation is 3. The lowest BCUT2D eigenvalue weighted by Gasteiger charge is -2.00. The summed E-state index contributed by atoms with van der Waals surface area (Å²) < 4.78 is 45.8. The number of nitrogens with two attached hydrogens (primary N) is 1. The Bertz CT molecular complexity index is 695. The smallest absolute Gasteiger partial charge is 0.118 e. The van der Waals surface area contributed by atoms with Gasteiger partial charge in [-0.05, 0) is 50.0 Å². The van der Waals surface area contributed by atoms with Gasteiger partial charge in [0.15, 0.2) is 0 Å². The minimum atomic E-state index is -2.85. The van der Waals surface area contributed by atoms with Gasteiger partial charge >= 0.3 is 0 Å². The number of phenols is 1. The van der Waals surface area contributed by atoms with Crippen LogP contribution in [-0.4, -0.2) is 16.6 Å². The summed E-state index contributed by atoms with van der Waals surface area (Å²) in [5.74, 6) is -0.0507. The summed E-state index contributed by atoms with van der Waals surface area (Å²) in [5.41, 5.74) is 1.42. The Kier molecular flexibility index (Phi) is 1.20. The maximum Gasteiger partial charge on any atom is 0.118 e. The van der Waals surface area contributed by atoms with Crippen LogP contribution >= 0.6 is 0 Å². The van der Waals surface area contributed by atoms with E-state index in [-0.39, 0.29) is 17.0 Å². The molecule has 15 heavy (non-hydrogen) atoms. The first-order chi connectivity index (χ1) is 9.50. The van der Waals surface area contributed by atoms with E-state index in [1.807, 2.05) is 0 Å². The predicted molar refractivity (Wildman–Crippen MR) is 62.2 cm³/mol. The number of hydrogen-bond donors (Lipinski definition) is 3. The fraction of sp³-hybridized carbons (Fsp3) is 0.333. The molecule has 0 amide bonds. The van der Waals surface area contributed by atoms with Gasteiger partial charge in [0.1, 0.15) is 8.57 Å². The van der Waals surface area contributed by atoms with Crippen molar-refractivity contribution in [1.82, 2.24) is 4.98 Å². The summed E-state index contributed by atoms with van der Waals surface area (Å²) in [4.78, 5) is 2.98. The van der Waals surface area contributed by atoms with Crippen LogP contribution in [0.1, 0.15) is 22.3 Å². The molecule has 1 aromatic heterocycles. The highest BCUT2D eigenvalue weighted by atomic mass is 16.3. The van der Waals surface area contributed by atoms with Crippen LogP contribution < -0.4 is 5.72 Å². The van der Waals surface area contributed by atoms with Gasteiger partial charge in [0.25, 0.3) is 0 Å². The minimum Gasteiger partial charge on any atom is -0.508 e. The average Bonchev–Trinajstić information content (AvgIpc) is 2.65.